The summed E-state index contributed by atoms with van der Waals surface area (Å²) in [6, 6.07) is 11.5. The van der Waals surface area contributed by atoms with E-state index in [2.05, 4.69) is 15.4 Å². The molecule has 3 N–H and O–H groups in total. The second kappa shape index (κ2) is 10.6. The van der Waals surface area contributed by atoms with Crippen LogP contribution in [0.1, 0.15) is 41.6 Å². The highest BCUT2D eigenvalue weighted by Gasteiger charge is 2.22. The van der Waals surface area contributed by atoms with Crippen LogP contribution in [0.3, 0.4) is 0 Å². The van der Waals surface area contributed by atoms with Crippen LogP contribution in [0.2, 0.25) is 0 Å². The third-order valence-electron chi connectivity index (χ3n) is 5.45. The molecule has 1 aliphatic carbocycles. The van der Waals surface area contributed by atoms with Gasteiger partial charge in [-0.25, -0.2) is 13.1 Å². The van der Waals surface area contributed by atoms with E-state index in [0.717, 1.165) is 31.2 Å². The Labute approximate surface area is 188 Å². The lowest BCUT2D eigenvalue weighted by Gasteiger charge is -2.12. The zero-order chi connectivity index (χ0) is 23.1. The Kier molecular flexibility index (Phi) is 7.87. The van der Waals surface area contributed by atoms with Gasteiger partial charge in [0.05, 0.1) is 7.11 Å². The van der Waals surface area contributed by atoms with Gasteiger partial charge in [-0.3, -0.25) is 9.59 Å². The van der Waals surface area contributed by atoms with E-state index in [0.29, 0.717) is 11.3 Å². The van der Waals surface area contributed by atoms with Crippen molar-refractivity contribution in [3.8, 4) is 5.75 Å². The summed E-state index contributed by atoms with van der Waals surface area (Å²) in [5.41, 5.74) is 1.87. The number of ether oxygens (including phenoxy) is 1. The van der Waals surface area contributed by atoms with Gasteiger partial charge in [0.1, 0.15) is 10.6 Å². The van der Waals surface area contributed by atoms with Gasteiger partial charge in [0.15, 0.2) is 0 Å². The Morgan fingerprint density at radius 2 is 1.72 bits per heavy atom. The average Bonchev–Trinajstić information content (AvgIpc) is 3.32. The first-order chi connectivity index (χ1) is 15.3. The van der Waals surface area contributed by atoms with Crippen LogP contribution in [0.4, 0.5) is 5.69 Å². The molecule has 2 aromatic carbocycles. The minimum Gasteiger partial charge on any atom is -0.495 e. The molecule has 0 spiro atoms. The molecular formula is C23H29N3O5S. The highest BCUT2D eigenvalue weighted by Crippen LogP contribution is 2.26. The number of aryl methyl sites for hydroxylation is 1. The molecule has 1 fully saturated rings. The fraction of sp³-hybridized carbons (Fsp3) is 0.391. The maximum absolute atomic E-state index is 12.6. The first kappa shape index (κ1) is 23.7. The van der Waals surface area contributed by atoms with Gasteiger partial charge in [0.25, 0.3) is 5.91 Å². The van der Waals surface area contributed by atoms with E-state index in [1.54, 1.807) is 43.3 Å². The minimum atomic E-state index is -3.78. The first-order valence-electron chi connectivity index (χ1n) is 10.6. The number of methoxy groups -OCH3 is 1. The predicted molar refractivity (Wildman–Crippen MR) is 122 cm³/mol. The lowest BCUT2D eigenvalue weighted by atomic mass is 10.1. The summed E-state index contributed by atoms with van der Waals surface area (Å²) in [5.74, 6) is 0.0250. The van der Waals surface area contributed by atoms with Crippen LogP contribution < -0.4 is 20.1 Å². The number of benzene rings is 2. The van der Waals surface area contributed by atoms with Crippen molar-refractivity contribution in [1.29, 1.82) is 0 Å². The Bertz CT molecular complexity index is 1060. The van der Waals surface area contributed by atoms with E-state index in [4.69, 9.17) is 4.74 Å². The number of nitrogens with one attached hydrogen (secondary N) is 3. The Hall–Kier alpha value is -2.91. The van der Waals surface area contributed by atoms with Gasteiger partial charge < -0.3 is 15.4 Å². The molecule has 3 rings (SSSR count). The van der Waals surface area contributed by atoms with Gasteiger partial charge >= 0.3 is 0 Å². The van der Waals surface area contributed by atoms with Crippen LogP contribution in [0.25, 0.3) is 0 Å². The number of sulfonamides is 1. The Morgan fingerprint density at radius 3 is 2.38 bits per heavy atom. The van der Waals surface area contributed by atoms with E-state index in [9.17, 15) is 18.0 Å². The number of hydrogen-bond acceptors (Lipinski definition) is 5. The average molecular weight is 460 g/mol. The lowest BCUT2D eigenvalue weighted by Crippen LogP contribution is -2.34. The zero-order valence-electron chi connectivity index (χ0n) is 18.3. The van der Waals surface area contributed by atoms with Gasteiger partial charge in [-0.2, -0.15) is 0 Å². The van der Waals surface area contributed by atoms with Crippen LogP contribution >= 0.6 is 0 Å². The van der Waals surface area contributed by atoms with E-state index < -0.39 is 10.0 Å². The second-order valence-electron chi connectivity index (χ2n) is 7.86. The molecule has 0 radical (unpaired) electrons. The molecule has 0 unspecified atom stereocenters. The molecule has 0 heterocycles. The van der Waals surface area contributed by atoms with E-state index in [1.165, 1.54) is 13.2 Å². The van der Waals surface area contributed by atoms with Crippen LogP contribution in [-0.2, 0) is 14.8 Å². The monoisotopic (exact) mass is 459 g/mol. The van der Waals surface area contributed by atoms with Crippen LogP contribution in [0.15, 0.2) is 47.4 Å². The molecule has 0 atom stereocenters. The largest absolute Gasteiger partial charge is 0.495 e. The van der Waals surface area contributed by atoms with Crippen LogP contribution in [0.5, 0.6) is 5.75 Å². The molecule has 1 aliphatic rings. The van der Waals surface area contributed by atoms with Crippen molar-refractivity contribution in [3.05, 3.63) is 53.6 Å². The minimum absolute atomic E-state index is 0.0252. The van der Waals surface area contributed by atoms with E-state index >= 15 is 0 Å². The quantitative estimate of drug-likeness (QED) is 0.499. The van der Waals surface area contributed by atoms with Crippen LogP contribution in [0, 0.1) is 12.8 Å². The maximum atomic E-state index is 12.6. The number of amides is 2. The molecule has 172 valence electrons. The van der Waals surface area contributed by atoms with E-state index in [-0.39, 0.29) is 41.5 Å². The van der Waals surface area contributed by atoms with Gasteiger partial charge in [-0.15, -0.1) is 0 Å². The van der Waals surface area contributed by atoms with Crippen molar-refractivity contribution in [1.82, 2.24) is 10.0 Å². The summed E-state index contributed by atoms with van der Waals surface area (Å²) < 4.78 is 32.7. The summed E-state index contributed by atoms with van der Waals surface area (Å²) >= 11 is 0. The summed E-state index contributed by atoms with van der Waals surface area (Å²) in [7, 11) is -2.37. The second-order valence-corrected chi connectivity index (χ2v) is 9.59. The third-order valence-corrected chi connectivity index (χ3v) is 6.93. The molecule has 1 saturated carbocycles. The smallest absolute Gasteiger partial charge is 0.251 e. The number of rotatable bonds is 9. The van der Waals surface area contributed by atoms with Crippen molar-refractivity contribution in [2.75, 3.05) is 25.5 Å². The van der Waals surface area contributed by atoms with Gasteiger partial charge in [-0.1, -0.05) is 18.9 Å². The van der Waals surface area contributed by atoms with Crippen molar-refractivity contribution in [3.63, 3.8) is 0 Å². The van der Waals surface area contributed by atoms with Crippen molar-refractivity contribution in [2.45, 2.75) is 37.5 Å². The maximum Gasteiger partial charge on any atom is 0.251 e. The van der Waals surface area contributed by atoms with Crippen LogP contribution in [-0.4, -0.2) is 40.4 Å². The summed E-state index contributed by atoms with van der Waals surface area (Å²) in [4.78, 5) is 24.6. The fourth-order valence-corrected chi connectivity index (χ4v) is 4.96. The standard InChI is InChI=1S/C23H29N3O5S/c1-16-7-12-20(31-2)21(15-16)32(29,30)25-14-13-24-22(27)18-8-10-19(11-9-18)26-23(28)17-5-3-4-6-17/h7-12,15,17,25H,3-6,13-14H2,1-2H3,(H,24,27)(H,26,28). The molecule has 2 amide bonds. The topological polar surface area (TPSA) is 114 Å². The molecular weight excluding hydrogens is 430 g/mol. The summed E-state index contributed by atoms with van der Waals surface area (Å²) in [6.07, 6.45) is 4.03. The third kappa shape index (κ3) is 6.08. The first-order valence-corrected chi connectivity index (χ1v) is 12.1. The summed E-state index contributed by atoms with van der Waals surface area (Å²) in [5, 5.41) is 5.57. The number of carbonyl (C=O) groups excluding carboxylic acids is 2. The van der Waals surface area contributed by atoms with E-state index in [1.807, 2.05) is 0 Å². The molecule has 2 aromatic rings. The normalized spacial score (nSPS) is 14.2. The molecule has 8 nitrogen and oxygen atoms in total. The SMILES string of the molecule is COc1ccc(C)cc1S(=O)(=O)NCCNC(=O)c1ccc(NC(=O)C2CCCC2)cc1. The molecule has 0 aromatic heterocycles. The fourth-order valence-electron chi connectivity index (χ4n) is 3.67. The summed E-state index contributed by atoms with van der Waals surface area (Å²) in [6.45, 7) is 1.94. The Morgan fingerprint density at radius 1 is 1.03 bits per heavy atom. The molecule has 0 bridgehead atoms. The number of carbonyl (C=O) groups is 2. The van der Waals surface area contributed by atoms with Gasteiger partial charge in [-0.05, 0) is 61.7 Å². The number of anilines is 1. The van der Waals surface area contributed by atoms with Gasteiger partial charge in [0.2, 0.25) is 15.9 Å². The lowest BCUT2D eigenvalue weighted by molar-refractivity contribution is -0.119. The zero-order valence-corrected chi connectivity index (χ0v) is 19.1. The molecule has 9 heteroatoms. The molecule has 0 aliphatic heterocycles. The highest BCUT2D eigenvalue weighted by atomic mass is 32.2. The van der Waals surface area contributed by atoms with Crippen molar-refractivity contribution >= 4 is 27.5 Å². The van der Waals surface area contributed by atoms with Crippen molar-refractivity contribution in [2.24, 2.45) is 5.92 Å². The molecule has 32 heavy (non-hydrogen) atoms. The van der Waals surface area contributed by atoms with Gasteiger partial charge in [0, 0.05) is 30.3 Å². The Balaban J connectivity index is 1.48. The molecule has 0 saturated heterocycles. The predicted octanol–water partition coefficient (Wildman–Crippen LogP) is 2.84. The number of hydrogen-bond donors (Lipinski definition) is 3. The highest BCUT2D eigenvalue weighted by molar-refractivity contribution is 7.89. The van der Waals surface area contributed by atoms with Crippen molar-refractivity contribution < 1.29 is 22.7 Å².